The largest absolute Gasteiger partial charge is 0.388 e. The van der Waals surface area contributed by atoms with Crippen LogP contribution in [0.2, 0.25) is 0 Å². The average molecular weight is 276 g/mol. The van der Waals surface area contributed by atoms with Crippen LogP contribution >= 0.6 is 11.3 Å². The third kappa shape index (κ3) is 3.33. The van der Waals surface area contributed by atoms with Gasteiger partial charge < -0.3 is 10.0 Å². The van der Waals surface area contributed by atoms with Gasteiger partial charge in [0, 0.05) is 23.7 Å². The number of aromatic nitrogens is 1. The molecule has 0 saturated carbocycles. The van der Waals surface area contributed by atoms with E-state index in [1.54, 1.807) is 11.3 Å². The number of thiazole rings is 1. The molecule has 1 aromatic heterocycles. The Morgan fingerprint density at radius 2 is 2.11 bits per heavy atom. The van der Waals surface area contributed by atoms with E-state index in [2.05, 4.69) is 15.3 Å². The molecule has 0 aliphatic rings. The van der Waals surface area contributed by atoms with Crippen LogP contribution in [0.25, 0.3) is 0 Å². The summed E-state index contributed by atoms with van der Waals surface area (Å²) in [6, 6.07) is 8.02. The molecule has 102 valence electrons. The molecule has 1 atom stereocenters. The van der Waals surface area contributed by atoms with Crippen molar-refractivity contribution in [1.82, 2.24) is 4.98 Å². The van der Waals surface area contributed by atoms with Crippen LogP contribution < -0.4 is 4.90 Å². The van der Waals surface area contributed by atoms with Crippen molar-refractivity contribution in [3.8, 4) is 0 Å². The summed E-state index contributed by atoms with van der Waals surface area (Å²) in [6.07, 6.45) is 0.316. The van der Waals surface area contributed by atoms with Crippen molar-refractivity contribution in [3.63, 3.8) is 0 Å². The molecule has 0 aliphatic carbocycles. The van der Waals surface area contributed by atoms with Crippen molar-refractivity contribution in [2.45, 2.75) is 32.9 Å². The van der Waals surface area contributed by atoms with Gasteiger partial charge in [0.1, 0.15) is 0 Å². The average Bonchev–Trinajstić information content (AvgIpc) is 2.83. The highest BCUT2D eigenvalue weighted by Crippen LogP contribution is 2.28. The lowest BCUT2D eigenvalue weighted by Gasteiger charge is -2.23. The molecule has 2 aromatic rings. The van der Waals surface area contributed by atoms with E-state index < -0.39 is 6.10 Å². The van der Waals surface area contributed by atoms with Crippen molar-refractivity contribution >= 4 is 17.0 Å². The number of aliphatic hydroxyl groups excluding tert-OH is 1. The van der Waals surface area contributed by atoms with E-state index in [0.717, 1.165) is 34.9 Å². The van der Waals surface area contributed by atoms with E-state index in [0.29, 0.717) is 0 Å². The van der Waals surface area contributed by atoms with Gasteiger partial charge in [-0.15, -0.1) is 11.3 Å². The lowest BCUT2D eigenvalue weighted by molar-refractivity contribution is 0.174. The van der Waals surface area contributed by atoms with Gasteiger partial charge in [-0.25, -0.2) is 4.98 Å². The van der Waals surface area contributed by atoms with E-state index in [9.17, 15) is 5.11 Å². The highest BCUT2D eigenvalue weighted by Gasteiger charge is 2.13. The summed E-state index contributed by atoms with van der Waals surface area (Å²) in [6.45, 7) is 4.77. The molecule has 1 aromatic carbocycles. The van der Waals surface area contributed by atoms with Gasteiger partial charge in [0.25, 0.3) is 0 Å². The number of aliphatic hydroxyl groups is 1. The Hall–Kier alpha value is -1.39. The van der Waals surface area contributed by atoms with Crippen molar-refractivity contribution in [3.05, 3.63) is 45.9 Å². The van der Waals surface area contributed by atoms with Crippen molar-refractivity contribution in [2.75, 3.05) is 11.9 Å². The second-order valence-electron chi connectivity index (χ2n) is 4.70. The Labute approximate surface area is 118 Å². The van der Waals surface area contributed by atoms with E-state index in [1.165, 1.54) is 0 Å². The van der Waals surface area contributed by atoms with Crippen LogP contribution in [0.4, 0.5) is 5.69 Å². The third-order valence-electron chi connectivity index (χ3n) is 3.16. The van der Waals surface area contributed by atoms with Gasteiger partial charge in [0.15, 0.2) is 0 Å². The number of rotatable bonds is 5. The number of para-hydroxylation sites is 1. The lowest BCUT2D eigenvalue weighted by atomic mass is 10.0. The van der Waals surface area contributed by atoms with Gasteiger partial charge in [0.05, 0.1) is 23.4 Å². The van der Waals surface area contributed by atoms with Gasteiger partial charge in [-0.2, -0.15) is 0 Å². The first-order chi connectivity index (χ1) is 9.11. The van der Waals surface area contributed by atoms with Crippen LogP contribution in [0.3, 0.4) is 0 Å². The standard InChI is InChI=1S/C15H20N2OS/c1-4-15(18)13-7-5-6-8-14(13)17(3)9-12-10-19-11(2)16-12/h5-8,10,15,18H,4,9H2,1-3H3. The predicted molar refractivity (Wildman–Crippen MR) is 80.7 cm³/mol. The van der Waals surface area contributed by atoms with Crippen LogP contribution in [-0.4, -0.2) is 17.1 Å². The van der Waals surface area contributed by atoms with Gasteiger partial charge in [-0.1, -0.05) is 25.1 Å². The fourth-order valence-corrected chi connectivity index (χ4v) is 2.75. The smallest absolute Gasteiger partial charge is 0.0898 e. The normalized spacial score (nSPS) is 12.4. The zero-order chi connectivity index (χ0) is 13.8. The number of benzene rings is 1. The third-order valence-corrected chi connectivity index (χ3v) is 3.98. The Morgan fingerprint density at radius 1 is 1.37 bits per heavy atom. The maximum absolute atomic E-state index is 10.1. The van der Waals surface area contributed by atoms with E-state index in [1.807, 2.05) is 45.2 Å². The van der Waals surface area contributed by atoms with Crippen molar-refractivity contribution in [2.24, 2.45) is 0 Å². The number of hydrogen-bond acceptors (Lipinski definition) is 4. The van der Waals surface area contributed by atoms with Gasteiger partial charge in [-0.05, 0) is 19.4 Å². The second-order valence-corrected chi connectivity index (χ2v) is 5.76. The zero-order valence-electron chi connectivity index (χ0n) is 11.6. The minimum atomic E-state index is -0.407. The molecule has 1 N–H and O–H groups in total. The van der Waals surface area contributed by atoms with Crippen LogP contribution in [0.1, 0.15) is 35.7 Å². The van der Waals surface area contributed by atoms with Gasteiger partial charge in [0.2, 0.25) is 0 Å². The summed E-state index contributed by atoms with van der Waals surface area (Å²) >= 11 is 1.67. The quantitative estimate of drug-likeness (QED) is 0.907. The summed E-state index contributed by atoms with van der Waals surface area (Å²) in [5.41, 5.74) is 3.13. The van der Waals surface area contributed by atoms with Crippen LogP contribution in [0, 0.1) is 6.92 Å². The first-order valence-corrected chi connectivity index (χ1v) is 7.39. The Kier molecular flexibility index (Phi) is 4.56. The highest BCUT2D eigenvalue weighted by molar-refractivity contribution is 7.09. The SMILES string of the molecule is CCC(O)c1ccccc1N(C)Cc1csc(C)n1. The molecule has 0 amide bonds. The number of nitrogens with zero attached hydrogens (tertiary/aromatic N) is 2. The molecule has 19 heavy (non-hydrogen) atoms. The van der Waals surface area contributed by atoms with E-state index >= 15 is 0 Å². The minimum Gasteiger partial charge on any atom is -0.388 e. The summed E-state index contributed by atoms with van der Waals surface area (Å²) < 4.78 is 0. The molecular formula is C15H20N2OS. The van der Waals surface area contributed by atoms with Crippen LogP contribution in [-0.2, 0) is 6.54 Å². The molecule has 3 nitrogen and oxygen atoms in total. The summed E-state index contributed by atoms with van der Waals surface area (Å²) in [7, 11) is 2.04. The minimum absolute atomic E-state index is 0.407. The molecule has 0 aliphatic heterocycles. The topological polar surface area (TPSA) is 36.4 Å². The summed E-state index contributed by atoms with van der Waals surface area (Å²) in [4.78, 5) is 6.63. The van der Waals surface area contributed by atoms with Gasteiger partial charge >= 0.3 is 0 Å². The number of hydrogen-bond donors (Lipinski definition) is 1. The monoisotopic (exact) mass is 276 g/mol. The first-order valence-electron chi connectivity index (χ1n) is 6.51. The van der Waals surface area contributed by atoms with E-state index in [-0.39, 0.29) is 0 Å². The fraction of sp³-hybridized carbons (Fsp3) is 0.400. The number of anilines is 1. The van der Waals surface area contributed by atoms with E-state index in [4.69, 9.17) is 0 Å². The maximum Gasteiger partial charge on any atom is 0.0898 e. The highest BCUT2D eigenvalue weighted by atomic mass is 32.1. The Balaban J connectivity index is 2.21. The van der Waals surface area contributed by atoms with Crippen molar-refractivity contribution in [1.29, 1.82) is 0 Å². The van der Waals surface area contributed by atoms with Gasteiger partial charge in [-0.3, -0.25) is 0 Å². The molecule has 0 radical (unpaired) electrons. The fourth-order valence-electron chi connectivity index (χ4n) is 2.15. The Bertz CT molecular complexity index is 538. The number of aryl methyl sites for hydroxylation is 1. The van der Waals surface area contributed by atoms with Crippen LogP contribution in [0.15, 0.2) is 29.6 Å². The molecular weight excluding hydrogens is 256 g/mol. The molecule has 1 heterocycles. The molecule has 0 saturated heterocycles. The molecule has 0 spiro atoms. The lowest BCUT2D eigenvalue weighted by Crippen LogP contribution is -2.19. The Morgan fingerprint density at radius 3 is 2.74 bits per heavy atom. The van der Waals surface area contributed by atoms with Crippen LogP contribution in [0.5, 0.6) is 0 Å². The van der Waals surface area contributed by atoms with Crippen molar-refractivity contribution < 1.29 is 5.11 Å². The predicted octanol–water partition coefficient (Wildman–Crippen LogP) is 3.53. The molecule has 2 rings (SSSR count). The molecule has 1 unspecified atom stereocenters. The summed E-state index contributed by atoms with van der Waals surface area (Å²) in [5, 5.41) is 13.3. The zero-order valence-corrected chi connectivity index (χ0v) is 12.4. The summed E-state index contributed by atoms with van der Waals surface area (Å²) in [5.74, 6) is 0. The molecule has 0 bridgehead atoms. The first kappa shape index (κ1) is 14.0. The maximum atomic E-state index is 10.1. The molecule has 4 heteroatoms. The second kappa shape index (κ2) is 6.17. The molecule has 0 fully saturated rings.